The molecule has 0 saturated carbocycles. The van der Waals surface area contributed by atoms with E-state index in [1.54, 1.807) is 0 Å². The lowest BCUT2D eigenvalue weighted by Crippen LogP contribution is -2.07. The van der Waals surface area contributed by atoms with Crippen molar-refractivity contribution in [1.29, 1.82) is 0 Å². The number of anilines is 2. The highest BCUT2D eigenvalue weighted by Crippen LogP contribution is 2.31. The Morgan fingerprint density at radius 1 is 1.29 bits per heavy atom. The Morgan fingerprint density at radius 2 is 2.00 bits per heavy atom. The van der Waals surface area contributed by atoms with Crippen LogP contribution in [0, 0.1) is 6.92 Å². The number of hydrogen-bond donors (Lipinski definition) is 2. The summed E-state index contributed by atoms with van der Waals surface area (Å²) in [5, 5.41) is 11.7. The maximum Gasteiger partial charge on any atom is 0.416 e. The van der Waals surface area contributed by atoms with E-state index >= 15 is 0 Å². The van der Waals surface area contributed by atoms with Crippen molar-refractivity contribution in [3.05, 3.63) is 53.2 Å². The lowest BCUT2D eigenvalue weighted by atomic mass is 10.1. The molecule has 0 aliphatic carbocycles. The molecule has 1 aromatic carbocycles. The Morgan fingerprint density at radius 3 is 2.62 bits per heavy atom. The molecule has 110 valence electrons. The molecule has 21 heavy (non-hydrogen) atoms. The molecule has 0 unspecified atom stereocenters. The number of carboxylic acid groups (broad SMARTS) is 1. The lowest BCUT2D eigenvalue weighted by Gasteiger charge is -2.12. The maximum atomic E-state index is 12.6. The summed E-state index contributed by atoms with van der Waals surface area (Å²) in [6.07, 6.45) is -3.16. The van der Waals surface area contributed by atoms with E-state index in [1.165, 1.54) is 31.3 Å². The van der Waals surface area contributed by atoms with E-state index in [1.807, 2.05) is 0 Å². The number of nitrogens with one attached hydrogen (secondary N) is 1. The summed E-state index contributed by atoms with van der Waals surface area (Å²) in [5.41, 5.74) is -0.218. The zero-order valence-electron chi connectivity index (χ0n) is 10.9. The fraction of sp³-hybridized carbons (Fsp3) is 0.143. The van der Waals surface area contributed by atoms with Gasteiger partial charge in [0.05, 0.1) is 11.1 Å². The zero-order valence-corrected chi connectivity index (χ0v) is 10.9. The molecule has 0 amide bonds. The second-order valence-electron chi connectivity index (χ2n) is 4.34. The number of halogens is 3. The van der Waals surface area contributed by atoms with E-state index in [9.17, 15) is 18.0 Å². The van der Waals surface area contributed by atoms with Crippen LogP contribution in [0.15, 0.2) is 36.5 Å². The van der Waals surface area contributed by atoms with Gasteiger partial charge < -0.3 is 10.4 Å². The number of alkyl halides is 3. The minimum atomic E-state index is -4.44. The van der Waals surface area contributed by atoms with Gasteiger partial charge in [-0.15, -0.1) is 0 Å². The number of nitrogens with zero attached hydrogens (tertiary/aromatic N) is 1. The van der Waals surface area contributed by atoms with Gasteiger partial charge in [-0.1, -0.05) is 6.07 Å². The highest BCUT2D eigenvalue weighted by molar-refractivity contribution is 5.90. The van der Waals surface area contributed by atoms with E-state index in [-0.39, 0.29) is 17.1 Å². The van der Waals surface area contributed by atoms with Crippen molar-refractivity contribution in [3.8, 4) is 0 Å². The van der Waals surface area contributed by atoms with Crippen LogP contribution in [-0.4, -0.2) is 16.1 Å². The summed E-state index contributed by atoms with van der Waals surface area (Å²) < 4.78 is 37.9. The van der Waals surface area contributed by atoms with E-state index < -0.39 is 17.7 Å². The molecule has 0 spiro atoms. The molecule has 0 fully saturated rings. The normalized spacial score (nSPS) is 11.2. The van der Waals surface area contributed by atoms with Crippen LogP contribution < -0.4 is 5.32 Å². The number of aromatic carboxylic acids is 1. The maximum absolute atomic E-state index is 12.6. The second-order valence-corrected chi connectivity index (χ2v) is 4.34. The first-order chi connectivity index (χ1) is 9.79. The highest BCUT2D eigenvalue weighted by Gasteiger charge is 2.30. The number of carbonyl (C=O) groups is 1. The minimum Gasteiger partial charge on any atom is -0.478 e. The molecule has 0 bridgehead atoms. The van der Waals surface area contributed by atoms with Crippen molar-refractivity contribution in [2.45, 2.75) is 13.1 Å². The van der Waals surface area contributed by atoms with Crippen molar-refractivity contribution in [2.24, 2.45) is 0 Å². The lowest BCUT2D eigenvalue weighted by molar-refractivity contribution is -0.137. The summed E-state index contributed by atoms with van der Waals surface area (Å²) in [5.74, 6) is -0.920. The van der Waals surface area contributed by atoms with Crippen LogP contribution in [0.1, 0.15) is 21.5 Å². The molecular formula is C14H11F3N2O2. The van der Waals surface area contributed by atoms with E-state index in [0.717, 1.165) is 12.1 Å². The van der Waals surface area contributed by atoms with Gasteiger partial charge in [0, 0.05) is 17.4 Å². The smallest absolute Gasteiger partial charge is 0.416 e. The van der Waals surface area contributed by atoms with Gasteiger partial charge in [-0.2, -0.15) is 13.2 Å². The van der Waals surface area contributed by atoms with Crippen molar-refractivity contribution in [1.82, 2.24) is 4.98 Å². The molecule has 1 heterocycles. The van der Waals surface area contributed by atoms with Crippen LogP contribution in [0.2, 0.25) is 0 Å². The Labute approximate surface area is 118 Å². The Kier molecular flexibility index (Phi) is 3.84. The summed E-state index contributed by atoms with van der Waals surface area (Å²) >= 11 is 0. The van der Waals surface area contributed by atoms with Gasteiger partial charge in [0.25, 0.3) is 0 Å². The molecule has 2 N–H and O–H groups in total. The first kappa shape index (κ1) is 14.8. The summed E-state index contributed by atoms with van der Waals surface area (Å²) in [6, 6.07) is 5.94. The first-order valence-corrected chi connectivity index (χ1v) is 5.92. The third-order valence-corrected chi connectivity index (χ3v) is 2.89. The number of pyridine rings is 1. The second kappa shape index (κ2) is 5.43. The number of aromatic nitrogens is 1. The van der Waals surface area contributed by atoms with E-state index in [0.29, 0.717) is 5.56 Å². The van der Waals surface area contributed by atoms with Gasteiger partial charge in [-0.25, -0.2) is 9.78 Å². The van der Waals surface area contributed by atoms with Crippen LogP contribution in [-0.2, 0) is 6.18 Å². The number of hydrogen-bond acceptors (Lipinski definition) is 3. The minimum absolute atomic E-state index is 0.0412. The van der Waals surface area contributed by atoms with E-state index in [4.69, 9.17) is 5.11 Å². The first-order valence-electron chi connectivity index (χ1n) is 5.92. The average molecular weight is 296 g/mol. The molecule has 0 aliphatic heterocycles. The predicted octanol–water partition coefficient (Wildman–Crippen LogP) is 3.85. The van der Waals surface area contributed by atoms with Crippen molar-refractivity contribution in [2.75, 3.05) is 5.32 Å². The fourth-order valence-corrected chi connectivity index (χ4v) is 1.80. The number of carboxylic acids is 1. The van der Waals surface area contributed by atoms with Gasteiger partial charge in [-0.3, -0.25) is 0 Å². The standard InChI is InChI=1S/C14H11F3N2O2/c1-8-11(13(20)21)5-6-18-12(8)19-10-4-2-3-9(7-10)14(15,16)17/h2-7H,1H3,(H,18,19)(H,20,21). The Bertz CT molecular complexity index is 684. The molecule has 1 aromatic heterocycles. The third-order valence-electron chi connectivity index (χ3n) is 2.89. The van der Waals surface area contributed by atoms with E-state index in [2.05, 4.69) is 10.3 Å². The molecule has 4 nitrogen and oxygen atoms in total. The topological polar surface area (TPSA) is 62.2 Å². The van der Waals surface area contributed by atoms with Gasteiger partial charge in [-0.05, 0) is 31.2 Å². The molecule has 0 saturated heterocycles. The molecule has 2 aromatic rings. The quantitative estimate of drug-likeness (QED) is 0.903. The monoisotopic (exact) mass is 296 g/mol. The molecule has 7 heteroatoms. The van der Waals surface area contributed by atoms with Gasteiger partial charge in [0.2, 0.25) is 0 Å². The molecule has 0 aliphatic rings. The SMILES string of the molecule is Cc1c(C(=O)O)ccnc1Nc1cccc(C(F)(F)F)c1. The fourth-order valence-electron chi connectivity index (χ4n) is 1.80. The summed E-state index contributed by atoms with van der Waals surface area (Å²) in [6.45, 7) is 1.53. The van der Waals surface area contributed by atoms with Gasteiger partial charge in [0.1, 0.15) is 5.82 Å². The Hall–Kier alpha value is -2.57. The van der Waals surface area contributed by atoms with Crippen molar-refractivity contribution >= 4 is 17.5 Å². The molecule has 2 rings (SSSR count). The number of benzene rings is 1. The van der Waals surface area contributed by atoms with Crippen LogP contribution in [0.25, 0.3) is 0 Å². The molecule has 0 radical (unpaired) electrons. The van der Waals surface area contributed by atoms with Crippen LogP contribution in [0.4, 0.5) is 24.7 Å². The summed E-state index contributed by atoms with van der Waals surface area (Å²) in [4.78, 5) is 15.0. The predicted molar refractivity (Wildman–Crippen MR) is 70.7 cm³/mol. The average Bonchev–Trinajstić information content (AvgIpc) is 2.40. The third kappa shape index (κ3) is 3.31. The zero-order chi connectivity index (χ0) is 15.6. The van der Waals surface area contributed by atoms with Crippen LogP contribution in [0.5, 0.6) is 0 Å². The summed E-state index contributed by atoms with van der Waals surface area (Å²) in [7, 11) is 0. The molecular weight excluding hydrogens is 285 g/mol. The largest absolute Gasteiger partial charge is 0.478 e. The van der Waals surface area contributed by atoms with Gasteiger partial charge in [0.15, 0.2) is 0 Å². The highest BCUT2D eigenvalue weighted by atomic mass is 19.4. The molecule has 0 atom stereocenters. The van der Waals surface area contributed by atoms with Crippen molar-refractivity contribution < 1.29 is 23.1 Å². The van der Waals surface area contributed by atoms with Crippen molar-refractivity contribution in [3.63, 3.8) is 0 Å². The Balaban J connectivity index is 2.35. The number of rotatable bonds is 3. The van der Waals surface area contributed by atoms with Gasteiger partial charge >= 0.3 is 12.1 Å². The van der Waals surface area contributed by atoms with Crippen LogP contribution in [0.3, 0.4) is 0 Å². The van der Waals surface area contributed by atoms with Crippen LogP contribution >= 0.6 is 0 Å².